The van der Waals surface area contributed by atoms with Crippen molar-refractivity contribution in [1.82, 2.24) is 9.88 Å². The standard InChI is InChI=1S/C16H17ClN2O.C2H6/c1-3-19(11-14-6-4-5-9-18-14)16(20)13-7-8-15(17)12(2)10-13;1-2/h4-10H,3,11H2,1-2H3;1-2H3. The van der Waals surface area contributed by atoms with Crippen molar-refractivity contribution in [2.75, 3.05) is 6.54 Å². The Kier molecular flexibility index (Phi) is 7.61. The molecule has 1 heterocycles. The highest BCUT2D eigenvalue weighted by Gasteiger charge is 2.15. The first-order valence-electron chi connectivity index (χ1n) is 7.57. The molecule has 2 aromatic rings. The Hall–Kier alpha value is -1.87. The van der Waals surface area contributed by atoms with E-state index in [1.165, 1.54) is 0 Å². The van der Waals surface area contributed by atoms with Gasteiger partial charge in [-0.25, -0.2) is 0 Å². The summed E-state index contributed by atoms with van der Waals surface area (Å²) < 4.78 is 0. The van der Waals surface area contributed by atoms with Crippen LogP contribution in [0.2, 0.25) is 5.02 Å². The predicted molar refractivity (Wildman–Crippen MR) is 92.2 cm³/mol. The van der Waals surface area contributed by atoms with Gasteiger partial charge in [0.1, 0.15) is 0 Å². The number of aromatic nitrogens is 1. The minimum absolute atomic E-state index is 0.00193. The van der Waals surface area contributed by atoms with E-state index in [4.69, 9.17) is 11.6 Å². The number of hydrogen-bond donors (Lipinski definition) is 0. The number of pyridine rings is 1. The molecule has 0 saturated carbocycles. The van der Waals surface area contributed by atoms with Crippen LogP contribution >= 0.6 is 11.6 Å². The third-order valence-electron chi connectivity index (χ3n) is 3.15. The average molecular weight is 319 g/mol. The van der Waals surface area contributed by atoms with Gasteiger partial charge in [0.2, 0.25) is 0 Å². The molecule has 0 aliphatic rings. The van der Waals surface area contributed by atoms with Gasteiger partial charge in [-0.05, 0) is 49.7 Å². The van der Waals surface area contributed by atoms with E-state index in [0.29, 0.717) is 23.7 Å². The summed E-state index contributed by atoms with van der Waals surface area (Å²) in [6.45, 7) is 9.01. The van der Waals surface area contributed by atoms with E-state index in [9.17, 15) is 4.79 Å². The van der Waals surface area contributed by atoms with Crippen LogP contribution in [0.4, 0.5) is 0 Å². The number of halogens is 1. The van der Waals surface area contributed by atoms with Crippen molar-refractivity contribution in [3.8, 4) is 0 Å². The number of benzene rings is 1. The minimum Gasteiger partial charge on any atom is -0.333 e. The van der Waals surface area contributed by atoms with E-state index < -0.39 is 0 Å². The first kappa shape index (κ1) is 18.2. The Labute approximate surface area is 137 Å². The van der Waals surface area contributed by atoms with E-state index >= 15 is 0 Å². The van der Waals surface area contributed by atoms with E-state index in [2.05, 4.69) is 4.98 Å². The third kappa shape index (κ3) is 4.85. The molecule has 0 atom stereocenters. The summed E-state index contributed by atoms with van der Waals surface area (Å²) in [6.07, 6.45) is 1.74. The number of rotatable bonds is 4. The van der Waals surface area contributed by atoms with Crippen LogP contribution in [0.1, 0.15) is 42.4 Å². The van der Waals surface area contributed by atoms with Crippen LogP contribution in [0, 0.1) is 6.92 Å². The first-order chi connectivity index (χ1) is 10.6. The largest absolute Gasteiger partial charge is 0.333 e. The molecule has 22 heavy (non-hydrogen) atoms. The molecule has 2 rings (SSSR count). The van der Waals surface area contributed by atoms with E-state index in [0.717, 1.165) is 11.3 Å². The molecule has 0 N–H and O–H groups in total. The molecule has 0 aliphatic heterocycles. The summed E-state index contributed by atoms with van der Waals surface area (Å²) in [5.41, 5.74) is 2.45. The highest BCUT2D eigenvalue weighted by Crippen LogP contribution is 2.18. The van der Waals surface area contributed by atoms with Crippen molar-refractivity contribution >= 4 is 17.5 Å². The monoisotopic (exact) mass is 318 g/mol. The molecule has 0 spiro atoms. The molecular weight excluding hydrogens is 296 g/mol. The van der Waals surface area contributed by atoms with Crippen molar-refractivity contribution in [2.45, 2.75) is 34.2 Å². The van der Waals surface area contributed by atoms with Gasteiger partial charge in [-0.2, -0.15) is 0 Å². The number of carbonyl (C=O) groups is 1. The summed E-state index contributed by atoms with van der Waals surface area (Å²) in [5, 5.41) is 0.675. The molecule has 0 bridgehead atoms. The lowest BCUT2D eigenvalue weighted by molar-refractivity contribution is 0.0750. The Bertz CT molecular complexity index is 599. The quantitative estimate of drug-likeness (QED) is 0.816. The maximum atomic E-state index is 12.5. The molecule has 0 fully saturated rings. The second kappa shape index (κ2) is 9.21. The van der Waals surface area contributed by atoms with E-state index in [-0.39, 0.29) is 5.91 Å². The van der Waals surface area contributed by atoms with Gasteiger partial charge in [0.05, 0.1) is 12.2 Å². The van der Waals surface area contributed by atoms with Crippen LogP contribution in [0.5, 0.6) is 0 Å². The molecule has 4 heteroatoms. The normalized spacial score (nSPS) is 9.68. The number of hydrogen-bond acceptors (Lipinski definition) is 2. The van der Waals surface area contributed by atoms with Crippen molar-refractivity contribution in [3.05, 3.63) is 64.4 Å². The number of nitrogens with zero attached hydrogens (tertiary/aromatic N) is 2. The molecule has 0 saturated heterocycles. The van der Waals surface area contributed by atoms with Gasteiger partial charge in [0.25, 0.3) is 5.91 Å². The zero-order valence-corrected chi connectivity index (χ0v) is 14.4. The van der Waals surface area contributed by atoms with Crippen molar-refractivity contribution in [3.63, 3.8) is 0 Å². The lowest BCUT2D eigenvalue weighted by Crippen LogP contribution is -2.30. The Balaban J connectivity index is 0.00000116. The Morgan fingerprint density at radius 2 is 1.95 bits per heavy atom. The molecule has 1 aromatic heterocycles. The van der Waals surface area contributed by atoms with Crippen LogP contribution in [-0.2, 0) is 6.54 Å². The summed E-state index contributed by atoms with van der Waals surface area (Å²) in [7, 11) is 0. The maximum absolute atomic E-state index is 12.5. The van der Waals surface area contributed by atoms with Crippen LogP contribution < -0.4 is 0 Å². The zero-order valence-electron chi connectivity index (χ0n) is 13.6. The van der Waals surface area contributed by atoms with Crippen molar-refractivity contribution < 1.29 is 4.79 Å². The zero-order chi connectivity index (χ0) is 16.5. The van der Waals surface area contributed by atoms with Crippen LogP contribution in [-0.4, -0.2) is 22.3 Å². The van der Waals surface area contributed by atoms with Crippen LogP contribution in [0.15, 0.2) is 42.6 Å². The van der Waals surface area contributed by atoms with Gasteiger partial charge in [-0.15, -0.1) is 0 Å². The minimum atomic E-state index is -0.00193. The maximum Gasteiger partial charge on any atom is 0.254 e. The third-order valence-corrected chi connectivity index (χ3v) is 3.58. The second-order valence-electron chi connectivity index (χ2n) is 4.60. The smallest absolute Gasteiger partial charge is 0.254 e. The molecule has 1 aromatic carbocycles. The fourth-order valence-electron chi connectivity index (χ4n) is 1.97. The summed E-state index contributed by atoms with van der Waals surface area (Å²) in [6, 6.07) is 11.1. The van der Waals surface area contributed by atoms with Gasteiger partial charge in [0, 0.05) is 23.3 Å². The average Bonchev–Trinajstić information content (AvgIpc) is 2.57. The topological polar surface area (TPSA) is 33.2 Å². The van der Waals surface area contributed by atoms with Gasteiger partial charge in [-0.1, -0.05) is 31.5 Å². The van der Waals surface area contributed by atoms with Gasteiger partial charge in [0.15, 0.2) is 0 Å². The molecule has 3 nitrogen and oxygen atoms in total. The molecule has 118 valence electrons. The molecular formula is C18H23ClN2O. The lowest BCUT2D eigenvalue weighted by atomic mass is 10.1. The second-order valence-corrected chi connectivity index (χ2v) is 5.01. The van der Waals surface area contributed by atoms with Gasteiger partial charge < -0.3 is 4.90 Å². The van der Waals surface area contributed by atoms with Crippen LogP contribution in [0.3, 0.4) is 0 Å². The molecule has 1 amide bonds. The van der Waals surface area contributed by atoms with E-state index in [1.54, 1.807) is 23.2 Å². The SMILES string of the molecule is CC.CCN(Cc1ccccn1)C(=O)c1ccc(Cl)c(C)c1. The summed E-state index contributed by atoms with van der Waals surface area (Å²) >= 11 is 5.99. The predicted octanol–water partition coefficient (Wildman–Crippen LogP) is 4.73. The highest BCUT2D eigenvalue weighted by atomic mass is 35.5. The van der Waals surface area contributed by atoms with Gasteiger partial charge >= 0.3 is 0 Å². The lowest BCUT2D eigenvalue weighted by Gasteiger charge is -2.20. The summed E-state index contributed by atoms with van der Waals surface area (Å²) in [5.74, 6) is -0.00193. The first-order valence-corrected chi connectivity index (χ1v) is 7.95. The molecule has 0 radical (unpaired) electrons. The van der Waals surface area contributed by atoms with E-state index in [1.807, 2.05) is 52.0 Å². The Morgan fingerprint density at radius 3 is 2.50 bits per heavy atom. The van der Waals surface area contributed by atoms with Crippen molar-refractivity contribution in [1.29, 1.82) is 0 Å². The molecule has 0 aliphatic carbocycles. The van der Waals surface area contributed by atoms with Gasteiger partial charge in [-0.3, -0.25) is 9.78 Å². The number of amides is 1. The summed E-state index contributed by atoms with van der Waals surface area (Å²) in [4.78, 5) is 18.5. The highest BCUT2D eigenvalue weighted by molar-refractivity contribution is 6.31. The Morgan fingerprint density at radius 1 is 1.23 bits per heavy atom. The fraction of sp³-hybridized carbons (Fsp3) is 0.333. The fourth-order valence-corrected chi connectivity index (χ4v) is 2.09. The van der Waals surface area contributed by atoms with Crippen molar-refractivity contribution in [2.24, 2.45) is 0 Å². The molecule has 0 unspecified atom stereocenters. The number of carbonyl (C=O) groups excluding carboxylic acids is 1. The number of aryl methyl sites for hydroxylation is 1. The van der Waals surface area contributed by atoms with Crippen LogP contribution in [0.25, 0.3) is 0 Å².